The Bertz CT molecular complexity index is 291. The van der Waals surface area contributed by atoms with Crippen LogP contribution in [0.5, 0.6) is 0 Å². The summed E-state index contributed by atoms with van der Waals surface area (Å²) in [6.45, 7) is 6.85. The highest BCUT2D eigenvalue weighted by Gasteiger charge is 2.38. The molecule has 0 radical (unpaired) electrons. The van der Waals surface area contributed by atoms with Crippen LogP contribution >= 0.6 is 0 Å². The van der Waals surface area contributed by atoms with Crippen molar-refractivity contribution in [3.63, 3.8) is 0 Å². The Hall–Kier alpha value is -0.120. The van der Waals surface area contributed by atoms with Gasteiger partial charge in [0.25, 0.3) is 0 Å². The summed E-state index contributed by atoms with van der Waals surface area (Å²) in [6.07, 6.45) is 11.5. The molecule has 3 fully saturated rings. The zero-order chi connectivity index (χ0) is 13.8. The fourth-order valence-electron chi connectivity index (χ4n) is 4.47. The summed E-state index contributed by atoms with van der Waals surface area (Å²) in [5, 5.41) is 3.84. The smallest absolute Gasteiger partial charge is 0.0858 e. The van der Waals surface area contributed by atoms with Crippen LogP contribution in [0.3, 0.4) is 0 Å². The number of fused-ring (bicyclic) bond motifs is 1. The monoisotopic (exact) mass is 280 g/mol. The third kappa shape index (κ3) is 3.37. The standard InChI is InChI=1S/C17H32N2O/c1-2-10-18-17(14-7-4-3-5-8-14)16-12-19-11-6-9-15(19)13-20-16/h14-18H,2-13H2,1H3. The molecule has 3 atom stereocenters. The van der Waals surface area contributed by atoms with Gasteiger partial charge in [0, 0.05) is 18.6 Å². The largest absolute Gasteiger partial charge is 0.374 e. The van der Waals surface area contributed by atoms with E-state index in [4.69, 9.17) is 4.74 Å². The number of hydrogen-bond donors (Lipinski definition) is 1. The Morgan fingerprint density at radius 1 is 1.15 bits per heavy atom. The molecule has 2 heterocycles. The predicted octanol–water partition coefficient (Wildman–Crippen LogP) is 2.80. The van der Waals surface area contributed by atoms with Crippen molar-refractivity contribution < 1.29 is 4.74 Å². The number of ether oxygens (including phenoxy) is 1. The van der Waals surface area contributed by atoms with Gasteiger partial charge >= 0.3 is 0 Å². The zero-order valence-corrected chi connectivity index (χ0v) is 13.2. The fourth-order valence-corrected chi connectivity index (χ4v) is 4.47. The van der Waals surface area contributed by atoms with Gasteiger partial charge in [-0.25, -0.2) is 0 Å². The lowest BCUT2D eigenvalue weighted by atomic mass is 9.81. The van der Waals surface area contributed by atoms with E-state index >= 15 is 0 Å². The van der Waals surface area contributed by atoms with Gasteiger partial charge in [0.15, 0.2) is 0 Å². The molecule has 0 aromatic heterocycles. The van der Waals surface area contributed by atoms with Crippen LogP contribution < -0.4 is 5.32 Å². The lowest BCUT2D eigenvalue weighted by Crippen LogP contribution is -2.56. The van der Waals surface area contributed by atoms with Crippen molar-refractivity contribution in [2.75, 3.05) is 26.2 Å². The summed E-state index contributed by atoms with van der Waals surface area (Å²) in [6, 6.07) is 1.32. The highest BCUT2D eigenvalue weighted by atomic mass is 16.5. The van der Waals surface area contributed by atoms with Gasteiger partial charge in [-0.15, -0.1) is 0 Å². The first-order valence-electron chi connectivity index (χ1n) is 8.97. The molecule has 0 spiro atoms. The van der Waals surface area contributed by atoms with Gasteiger partial charge in [-0.3, -0.25) is 4.90 Å². The van der Waals surface area contributed by atoms with E-state index in [-0.39, 0.29) is 0 Å². The van der Waals surface area contributed by atoms with Gasteiger partial charge in [-0.1, -0.05) is 26.2 Å². The van der Waals surface area contributed by atoms with Gasteiger partial charge < -0.3 is 10.1 Å². The molecular formula is C17H32N2O. The van der Waals surface area contributed by atoms with Gasteiger partial charge in [0.05, 0.1) is 12.7 Å². The van der Waals surface area contributed by atoms with Crippen LogP contribution in [0.25, 0.3) is 0 Å². The molecule has 1 saturated carbocycles. The molecule has 20 heavy (non-hydrogen) atoms. The van der Waals surface area contributed by atoms with E-state index in [1.165, 1.54) is 64.5 Å². The molecule has 0 aromatic carbocycles. The van der Waals surface area contributed by atoms with Gasteiger partial charge in [-0.2, -0.15) is 0 Å². The minimum atomic E-state index is 0.430. The van der Waals surface area contributed by atoms with E-state index in [9.17, 15) is 0 Å². The number of morpholine rings is 1. The minimum Gasteiger partial charge on any atom is -0.374 e. The van der Waals surface area contributed by atoms with Crippen LogP contribution in [0, 0.1) is 5.92 Å². The molecule has 3 unspecified atom stereocenters. The van der Waals surface area contributed by atoms with Crippen molar-refractivity contribution in [2.24, 2.45) is 5.92 Å². The van der Waals surface area contributed by atoms with Crippen molar-refractivity contribution >= 4 is 0 Å². The summed E-state index contributed by atoms with van der Waals surface area (Å²) in [7, 11) is 0. The zero-order valence-electron chi connectivity index (χ0n) is 13.2. The highest BCUT2D eigenvalue weighted by molar-refractivity contribution is 4.93. The number of hydrogen-bond acceptors (Lipinski definition) is 3. The molecule has 1 aliphatic carbocycles. The van der Waals surface area contributed by atoms with Crippen LogP contribution in [-0.2, 0) is 4.74 Å². The first-order valence-corrected chi connectivity index (χ1v) is 8.97. The van der Waals surface area contributed by atoms with E-state index in [1.54, 1.807) is 0 Å². The SMILES string of the molecule is CCCNC(C1CCCCC1)C1CN2CCCC2CO1. The van der Waals surface area contributed by atoms with Crippen molar-refractivity contribution in [1.82, 2.24) is 10.2 Å². The Kier molecular flexibility index (Phi) is 5.36. The maximum absolute atomic E-state index is 6.30. The molecule has 0 amide bonds. The van der Waals surface area contributed by atoms with E-state index < -0.39 is 0 Å². The fraction of sp³-hybridized carbons (Fsp3) is 1.00. The second kappa shape index (κ2) is 7.24. The van der Waals surface area contributed by atoms with Crippen LogP contribution in [0.2, 0.25) is 0 Å². The number of nitrogens with one attached hydrogen (secondary N) is 1. The quantitative estimate of drug-likeness (QED) is 0.838. The van der Waals surface area contributed by atoms with Crippen LogP contribution in [0.15, 0.2) is 0 Å². The first kappa shape index (κ1) is 14.8. The lowest BCUT2D eigenvalue weighted by Gasteiger charge is -2.42. The second-order valence-corrected chi connectivity index (χ2v) is 7.04. The van der Waals surface area contributed by atoms with Gasteiger partial charge in [0.1, 0.15) is 0 Å². The summed E-state index contributed by atoms with van der Waals surface area (Å²) < 4.78 is 6.30. The predicted molar refractivity (Wildman–Crippen MR) is 83.0 cm³/mol. The third-order valence-electron chi connectivity index (χ3n) is 5.60. The molecule has 1 N–H and O–H groups in total. The minimum absolute atomic E-state index is 0.430. The molecule has 3 aliphatic rings. The molecule has 116 valence electrons. The molecule has 0 aromatic rings. The van der Waals surface area contributed by atoms with Crippen LogP contribution in [0.1, 0.15) is 58.3 Å². The summed E-state index contributed by atoms with van der Waals surface area (Å²) >= 11 is 0. The highest BCUT2D eigenvalue weighted by Crippen LogP contribution is 2.31. The average Bonchev–Trinajstić information content (AvgIpc) is 2.96. The molecule has 3 heteroatoms. The van der Waals surface area contributed by atoms with Crippen molar-refractivity contribution in [3.05, 3.63) is 0 Å². The van der Waals surface area contributed by atoms with Crippen LogP contribution in [-0.4, -0.2) is 49.3 Å². The molecule has 3 rings (SSSR count). The molecule has 0 bridgehead atoms. The third-order valence-corrected chi connectivity index (χ3v) is 5.60. The van der Waals surface area contributed by atoms with Crippen molar-refractivity contribution in [2.45, 2.75) is 76.5 Å². The van der Waals surface area contributed by atoms with Crippen molar-refractivity contribution in [3.8, 4) is 0 Å². The Morgan fingerprint density at radius 2 is 2.00 bits per heavy atom. The first-order chi connectivity index (χ1) is 9.88. The molecule has 3 nitrogen and oxygen atoms in total. The van der Waals surface area contributed by atoms with E-state index in [2.05, 4.69) is 17.1 Å². The maximum atomic E-state index is 6.30. The molecule has 2 aliphatic heterocycles. The molecule has 2 saturated heterocycles. The van der Waals surface area contributed by atoms with Crippen LogP contribution in [0.4, 0.5) is 0 Å². The Morgan fingerprint density at radius 3 is 2.80 bits per heavy atom. The summed E-state index contributed by atoms with van der Waals surface area (Å²) in [5.41, 5.74) is 0. The topological polar surface area (TPSA) is 24.5 Å². The van der Waals surface area contributed by atoms with E-state index in [0.29, 0.717) is 12.1 Å². The second-order valence-electron chi connectivity index (χ2n) is 7.04. The number of rotatable bonds is 5. The Labute approximate surface area is 124 Å². The van der Waals surface area contributed by atoms with E-state index in [1.807, 2.05) is 0 Å². The summed E-state index contributed by atoms with van der Waals surface area (Å²) in [4.78, 5) is 2.69. The Balaban J connectivity index is 1.61. The van der Waals surface area contributed by atoms with Gasteiger partial charge in [-0.05, 0) is 51.1 Å². The summed E-state index contributed by atoms with van der Waals surface area (Å²) in [5.74, 6) is 0.847. The normalized spacial score (nSPS) is 34.0. The van der Waals surface area contributed by atoms with E-state index in [0.717, 1.165) is 25.1 Å². The average molecular weight is 280 g/mol. The number of nitrogens with zero attached hydrogens (tertiary/aromatic N) is 1. The molecular weight excluding hydrogens is 248 g/mol. The van der Waals surface area contributed by atoms with Gasteiger partial charge in [0.2, 0.25) is 0 Å². The maximum Gasteiger partial charge on any atom is 0.0858 e. The lowest BCUT2D eigenvalue weighted by molar-refractivity contribution is -0.0757. The van der Waals surface area contributed by atoms with Crippen molar-refractivity contribution in [1.29, 1.82) is 0 Å².